The number of aliphatic hydroxyl groups is 1. The maximum atomic E-state index is 10.1. The van der Waals surface area contributed by atoms with Crippen molar-refractivity contribution in [3.63, 3.8) is 0 Å². The second kappa shape index (κ2) is 5.63. The number of halogens is 2. The molecule has 2 nitrogen and oxygen atoms in total. The molecule has 0 amide bonds. The molecule has 1 N–H and O–H groups in total. The van der Waals surface area contributed by atoms with E-state index in [1.807, 2.05) is 36.4 Å². The quantitative estimate of drug-likeness (QED) is 0.936. The van der Waals surface area contributed by atoms with Gasteiger partial charge in [-0.25, -0.2) is 0 Å². The van der Waals surface area contributed by atoms with Gasteiger partial charge in [0.05, 0.1) is 5.69 Å². The molecule has 4 heteroatoms. The molecule has 1 heterocycles. The fourth-order valence-corrected chi connectivity index (χ4v) is 2.34. The lowest BCUT2D eigenvalue weighted by atomic mass is 10.1. The third kappa shape index (κ3) is 3.06. The summed E-state index contributed by atoms with van der Waals surface area (Å²) in [7, 11) is 0. The van der Waals surface area contributed by atoms with Gasteiger partial charge in [0.1, 0.15) is 6.10 Å². The molecule has 1 aromatic carbocycles. The van der Waals surface area contributed by atoms with E-state index >= 15 is 0 Å². The molecule has 0 saturated carbocycles. The van der Waals surface area contributed by atoms with Crippen molar-refractivity contribution in [2.24, 2.45) is 0 Å². The Balaban J connectivity index is 2.20. The SMILES string of the molecule is OC(Cc1ccccc1Cl)c1ncccc1Br. The summed E-state index contributed by atoms with van der Waals surface area (Å²) in [6.07, 6.45) is 1.45. The molecule has 1 atom stereocenters. The standard InChI is InChI=1S/C13H11BrClNO/c14-10-5-3-7-16-13(10)12(17)8-9-4-1-2-6-11(9)15/h1-7,12,17H,8H2. The maximum Gasteiger partial charge on any atom is 0.101 e. The molecule has 1 unspecified atom stereocenters. The van der Waals surface area contributed by atoms with Gasteiger partial charge in [-0.1, -0.05) is 29.8 Å². The van der Waals surface area contributed by atoms with Gasteiger partial charge in [-0.3, -0.25) is 4.98 Å². The third-order valence-corrected chi connectivity index (χ3v) is 3.51. The van der Waals surface area contributed by atoms with Crippen molar-refractivity contribution in [2.45, 2.75) is 12.5 Å². The zero-order valence-electron chi connectivity index (χ0n) is 8.98. The summed E-state index contributed by atoms with van der Waals surface area (Å²) in [5, 5.41) is 10.8. The van der Waals surface area contributed by atoms with E-state index in [0.717, 1.165) is 10.0 Å². The van der Waals surface area contributed by atoms with Crippen LogP contribution in [0.5, 0.6) is 0 Å². The van der Waals surface area contributed by atoms with Gasteiger partial charge in [-0.15, -0.1) is 0 Å². The minimum atomic E-state index is -0.662. The van der Waals surface area contributed by atoms with Crippen LogP contribution < -0.4 is 0 Å². The number of pyridine rings is 1. The monoisotopic (exact) mass is 311 g/mol. The minimum absolute atomic E-state index is 0.454. The summed E-state index contributed by atoms with van der Waals surface area (Å²) < 4.78 is 0.805. The highest BCUT2D eigenvalue weighted by molar-refractivity contribution is 9.10. The second-order valence-corrected chi connectivity index (χ2v) is 4.94. The number of rotatable bonds is 3. The summed E-state index contributed by atoms with van der Waals surface area (Å²) in [6, 6.07) is 11.2. The number of hydrogen-bond acceptors (Lipinski definition) is 2. The molecular formula is C13H11BrClNO. The molecule has 0 fully saturated rings. The van der Waals surface area contributed by atoms with E-state index in [1.165, 1.54) is 0 Å². The number of aromatic nitrogens is 1. The summed E-state index contributed by atoms with van der Waals surface area (Å²) >= 11 is 9.43. The highest BCUT2D eigenvalue weighted by Crippen LogP contribution is 2.26. The van der Waals surface area contributed by atoms with E-state index in [0.29, 0.717) is 17.1 Å². The van der Waals surface area contributed by atoms with Crippen LogP contribution in [0.2, 0.25) is 5.02 Å². The van der Waals surface area contributed by atoms with Crippen molar-refractivity contribution in [1.29, 1.82) is 0 Å². The molecule has 0 radical (unpaired) electrons. The average molecular weight is 313 g/mol. The van der Waals surface area contributed by atoms with E-state index in [-0.39, 0.29) is 0 Å². The second-order valence-electron chi connectivity index (χ2n) is 3.68. The first-order valence-electron chi connectivity index (χ1n) is 5.20. The van der Waals surface area contributed by atoms with Crippen molar-refractivity contribution in [2.75, 3.05) is 0 Å². The van der Waals surface area contributed by atoms with Gasteiger partial charge in [0.2, 0.25) is 0 Å². The van der Waals surface area contributed by atoms with Gasteiger partial charge in [-0.05, 0) is 39.7 Å². The van der Waals surface area contributed by atoms with E-state index in [4.69, 9.17) is 11.6 Å². The van der Waals surface area contributed by atoms with E-state index < -0.39 is 6.10 Å². The number of hydrogen-bond donors (Lipinski definition) is 1. The molecule has 0 saturated heterocycles. The smallest absolute Gasteiger partial charge is 0.101 e. The number of nitrogens with zero attached hydrogens (tertiary/aromatic N) is 1. The van der Waals surface area contributed by atoms with Crippen LogP contribution in [-0.2, 0) is 6.42 Å². The average Bonchev–Trinajstić information content (AvgIpc) is 2.32. The van der Waals surface area contributed by atoms with Crippen molar-refractivity contribution < 1.29 is 5.11 Å². The maximum absolute atomic E-state index is 10.1. The van der Waals surface area contributed by atoms with Gasteiger partial charge in [-0.2, -0.15) is 0 Å². The highest BCUT2D eigenvalue weighted by atomic mass is 79.9. The fraction of sp³-hybridized carbons (Fsp3) is 0.154. The van der Waals surface area contributed by atoms with E-state index in [2.05, 4.69) is 20.9 Å². The predicted molar refractivity (Wildman–Crippen MR) is 72.1 cm³/mol. The van der Waals surface area contributed by atoms with Crippen molar-refractivity contribution in [1.82, 2.24) is 4.98 Å². The minimum Gasteiger partial charge on any atom is -0.386 e. The van der Waals surface area contributed by atoms with Crippen LogP contribution in [0.25, 0.3) is 0 Å². The fourth-order valence-electron chi connectivity index (χ4n) is 1.61. The normalized spacial score (nSPS) is 12.4. The van der Waals surface area contributed by atoms with Gasteiger partial charge >= 0.3 is 0 Å². The van der Waals surface area contributed by atoms with Crippen molar-refractivity contribution in [3.8, 4) is 0 Å². The third-order valence-electron chi connectivity index (χ3n) is 2.47. The summed E-state index contributed by atoms with van der Waals surface area (Å²) in [5.41, 5.74) is 1.55. The number of aliphatic hydroxyl groups excluding tert-OH is 1. The molecule has 0 spiro atoms. The van der Waals surface area contributed by atoms with Crippen LogP contribution in [0.3, 0.4) is 0 Å². The summed E-state index contributed by atoms with van der Waals surface area (Å²) in [4.78, 5) is 4.16. The van der Waals surface area contributed by atoms with Gasteiger partial charge < -0.3 is 5.11 Å². The zero-order chi connectivity index (χ0) is 12.3. The summed E-state index contributed by atoms with van der Waals surface area (Å²) in [6.45, 7) is 0. The van der Waals surface area contributed by atoms with Gasteiger partial charge in [0.15, 0.2) is 0 Å². The first kappa shape index (κ1) is 12.6. The molecule has 0 aliphatic heterocycles. The van der Waals surface area contributed by atoms with Crippen LogP contribution in [0.15, 0.2) is 47.1 Å². The Morgan fingerprint density at radius 2 is 2.00 bits per heavy atom. The highest BCUT2D eigenvalue weighted by Gasteiger charge is 2.14. The zero-order valence-corrected chi connectivity index (χ0v) is 11.3. The molecular weight excluding hydrogens is 302 g/mol. The van der Waals surface area contributed by atoms with Crippen molar-refractivity contribution in [3.05, 3.63) is 63.3 Å². The topological polar surface area (TPSA) is 33.1 Å². The molecule has 0 aliphatic carbocycles. The van der Waals surface area contributed by atoms with E-state index in [1.54, 1.807) is 6.20 Å². The lowest BCUT2D eigenvalue weighted by molar-refractivity contribution is 0.173. The molecule has 17 heavy (non-hydrogen) atoms. The first-order valence-corrected chi connectivity index (χ1v) is 6.37. The number of benzene rings is 1. The van der Waals surface area contributed by atoms with E-state index in [9.17, 15) is 5.11 Å². The molecule has 0 aliphatic rings. The molecule has 88 valence electrons. The Hall–Kier alpha value is -0.900. The molecule has 1 aromatic heterocycles. The Morgan fingerprint density at radius 3 is 2.71 bits per heavy atom. The lowest BCUT2D eigenvalue weighted by Gasteiger charge is -2.12. The van der Waals surface area contributed by atoms with Crippen LogP contribution in [-0.4, -0.2) is 10.1 Å². The van der Waals surface area contributed by atoms with Crippen LogP contribution in [0.1, 0.15) is 17.4 Å². The Bertz CT molecular complexity index is 518. The first-order chi connectivity index (χ1) is 8.18. The van der Waals surface area contributed by atoms with Crippen LogP contribution >= 0.6 is 27.5 Å². The van der Waals surface area contributed by atoms with Crippen molar-refractivity contribution >= 4 is 27.5 Å². The van der Waals surface area contributed by atoms with Crippen LogP contribution in [0.4, 0.5) is 0 Å². The largest absolute Gasteiger partial charge is 0.386 e. The summed E-state index contributed by atoms with van der Waals surface area (Å²) in [5.74, 6) is 0. The Labute approximate surface area is 113 Å². The Morgan fingerprint density at radius 1 is 1.24 bits per heavy atom. The van der Waals surface area contributed by atoms with Crippen LogP contribution in [0, 0.1) is 0 Å². The molecule has 2 aromatic rings. The molecule has 0 bridgehead atoms. The lowest BCUT2D eigenvalue weighted by Crippen LogP contribution is -2.05. The Kier molecular flexibility index (Phi) is 4.15. The molecule has 2 rings (SSSR count). The predicted octanol–water partition coefficient (Wildman–Crippen LogP) is 3.77. The van der Waals surface area contributed by atoms with Gasteiger partial charge in [0, 0.05) is 22.1 Å². The van der Waals surface area contributed by atoms with Gasteiger partial charge in [0.25, 0.3) is 0 Å².